The first-order valence-electron chi connectivity index (χ1n) is 5.53. The third-order valence-corrected chi connectivity index (χ3v) is 4.40. The van der Waals surface area contributed by atoms with Crippen LogP contribution in [0.2, 0.25) is 0 Å². The predicted octanol–water partition coefficient (Wildman–Crippen LogP) is 3.49. The van der Waals surface area contributed by atoms with E-state index in [1.54, 1.807) is 0 Å². The van der Waals surface area contributed by atoms with Gasteiger partial charge in [0.2, 0.25) is 0 Å². The number of hydrogen-bond donors (Lipinski definition) is 1. The molecule has 1 heterocycles. The Bertz CT molecular complexity index is 448. The summed E-state index contributed by atoms with van der Waals surface area (Å²) in [6.07, 6.45) is 0.602. The van der Waals surface area contributed by atoms with Gasteiger partial charge in [-0.3, -0.25) is 0 Å². The summed E-state index contributed by atoms with van der Waals surface area (Å²) in [7, 11) is 0. The summed E-state index contributed by atoms with van der Waals surface area (Å²) in [5.41, 5.74) is 3.83. The first-order valence-corrected chi connectivity index (χ1v) is 6.41. The topological polar surface area (TPSA) is 35.8 Å². The van der Waals surface area contributed by atoms with Gasteiger partial charge in [0.15, 0.2) is 0 Å². The standard InChI is InChI=1S/C13H16N2S/c1-8-6-9(2)13-12(7-8)16-11(4-5-14)10(3)15-13/h6-7,10-11,15H,4H2,1-3H3. The molecule has 0 saturated heterocycles. The van der Waals surface area contributed by atoms with Gasteiger partial charge in [0, 0.05) is 22.6 Å². The van der Waals surface area contributed by atoms with Crippen LogP contribution >= 0.6 is 11.8 Å². The molecule has 2 rings (SSSR count). The lowest BCUT2D eigenvalue weighted by molar-refractivity contribution is 0.728. The van der Waals surface area contributed by atoms with Crippen LogP contribution in [-0.2, 0) is 0 Å². The summed E-state index contributed by atoms with van der Waals surface area (Å²) in [4.78, 5) is 1.29. The second-order valence-corrected chi connectivity index (χ2v) is 5.69. The molecule has 1 aliphatic rings. The Morgan fingerprint density at radius 3 is 2.88 bits per heavy atom. The molecule has 1 aromatic carbocycles. The molecule has 0 aromatic heterocycles. The summed E-state index contributed by atoms with van der Waals surface area (Å²) in [5.74, 6) is 0. The van der Waals surface area contributed by atoms with Crippen molar-refractivity contribution in [1.29, 1.82) is 5.26 Å². The number of nitriles is 1. The first-order chi connectivity index (χ1) is 7.61. The number of hydrogen-bond acceptors (Lipinski definition) is 3. The van der Waals surface area contributed by atoms with Crippen LogP contribution in [0.25, 0.3) is 0 Å². The van der Waals surface area contributed by atoms with E-state index >= 15 is 0 Å². The van der Waals surface area contributed by atoms with E-state index in [0.717, 1.165) is 0 Å². The number of fused-ring (bicyclic) bond motifs is 1. The van der Waals surface area contributed by atoms with Gasteiger partial charge in [-0.05, 0) is 38.0 Å². The molecule has 3 heteroatoms. The molecule has 0 spiro atoms. The molecular formula is C13H16N2S. The van der Waals surface area contributed by atoms with Crippen molar-refractivity contribution < 1.29 is 0 Å². The highest BCUT2D eigenvalue weighted by Gasteiger charge is 2.26. The minimum absolute atomic E-state index is 0.360. The summed E-state index contributed by atoms with van der Waals surface area (Å²) in [6.45, 7) is 6.40. The van der Waals surface area contributed by atoms with Gasteiger partial charge in [-0.15, -0.1) is 11.8 Å². The fraction of sp³-hybridized carbons (Fsp3) is 0.462. The molecule has 0 fully saturated rings. The van der Waals surface area contributed by atoms with Gasteiger partial charge >= 0.3 is 0 Å². The van der Waals surface area contributed by atoms with Crippen LogP contribution < -0.4 is 5.32 Å². The highest BCUT2D eigenvalue weighted by Crippen LogP contribution is 2.41. The van der Waals surface area contributed by atoms with Crippen molar-refractivity contribution in [2.24, 2.45) is 0 Å². The van der Waals surface area contributed by atoms with Gasteiger partial charge < -0.3 is 5.32 Å². The van der Waals surface area contributed by atoms with Crippen LogP contribution in [-0.4, -0.2) is 11.3 Å². The Labute approximate surface area is 101 Å². The largest absolute Gasteiger partial charge is 0.380 e. The Morgan fingerprint density at radius 1 is 1.44 bits per heavy atom. The number of nitrogens with zero attached hydrogens (tertiary/aromatic N) is 1. The lowest BCUT2D eigenvalue weighted by Gasteiger charge is -2.32. The number of rotatable bonds is 1. The Morgan fingerprint density at radius 2 is 2.19 bits per heavy atom. The van der Waals surface area contributed by atoms with Crippen molar-refractivity contribution in [3.63, 3.8) is 0 Å². The minimum atomic E-state index is 0.360. The third kappa shape index (κ3) is 2.03. The normalized spacial score (nSPS) is 23.1. The van der Waals surface area contributed by atoms with Crippen molar-refractivity contribution >= 4 is 17.4 Å². The van der Waals surface area contributed by atoms with E-state index in [1.807, 2.05) is 11.8 Å². The average Bonchev–Trinajstić information content (AvgIpc) is 2.21. The summed E-state index contributed by atoms with van der Waals surface area (Å²) in [5, 5.41) is 12.7. The zero-order valence-corrected chi connectivity index (χ0v) is 10.7. The fourth-order valence-electron chi connectivity index (χ4n) is 2.10. The number of aryl methyl sites for hydroxylation is 2. The van der Waals surface area contributed by atoms with Gasteiger partial charge in [0.25, 0.3) is 0 Å². The molecular weight excluding hydrogens is 216 g/mol. The molecule has 2 nitrogen and oxygen atoms in total. The molecule has 0 amide bonds. The van der Waals surface area contributed by atoms with Crippen molar-refractivity contribution in [3.05, 3.63) is 23.3 Å². The fourth-order valence-corrected chi connectivity index (χ4v) is 3.45. The summed E-state index contributed by atoms with van der Waals surface area (Å²) in [6, 6.07) is 7.03. The molecule has 84 valence electrons. The SMILES string of the molecule is Cc1cc(C)c2c(c1)SC(CC#N)C(C)N2. The number of nitrogens with one attached hydrogen (secondary N) is 1. The molecule has 2 atom stereocenters. The molecule has 1 aliphatic heterocycles. The van der Waals surface area contributed by atoms with E-state index in [0.29, 0.717) is 17.7 Å². The molecule has 1 N–H and O–H groups in total. The van der Waals surface area contributed by atoms with Crippen LogP contribution in [0, 0.1) is 25.2 Å². The van der Waals surface area contributed by atoms with Crippen LogP contribution in [0.1, 0.15) is 24.5 Å². The van der Waals surface area contributed by atoms with Crippen molar-refractivity contribution in [3.8, 4) is 6.07 Å². The predicted molar refractivity (Wildman–Crippen MR) is 68.9 cm³/mol. The van der Waals surface area contributed by atoms with Crippen LogP contribution in [0.15, 0.2) is 17.0 Å². The minimum Gasteiger partial charge on any atom is -0.380 e. The van der Waals surface area contributed by atoms with E-state index in [2.05, 4.69) is 44.3 Å². The van der Waals surface area contributed by atoms with Gasteiger partial charge in [-0.2, -0.15) is 5.26 Å². The first kappa shape index (κ1) is 11.3. The van der Waals surface area contributed by atoms with Gasteiger partial charge in [0.05, 0.1) is 11.8 Å². The molecule has 2 unspecified atom stereocenters. The van der Waals surface area contributed by atoms with E-state index < -0.39 is 0 Å². The zero-order valence-electron chi connectivity index (χ0n) is 9.87. The summed E-state index contributed by atoms with van der Waals surface area (Å²) >= 11 is 1.83. The van der Waals surface area contributed by atoms with Gasteiger partial charge in [-0.25, -0.2) is 0 Å². The zero-order chi connectivity index (χ0) is 11.7. The van der Waals surface area contributed by atoms with Crippen molar-refractivity contribution in [2.75, 3.05) is 5.32 Å². The van der Waals surface area contributed by atoms with Crippen LogP contribution in [0.5, 0.6) is 0 Å². The lowest BCUT2D eigenvalue weighted by Crippen LogP contribution is -2.32. The summed E-state index contributed by atoms with van der Waals surface area (Å²) < 4.78 is 0. The maximum Gasteiger partial charge on any atom is 0.0634 e. The maximum atomic E-state index is 8.80. The Balaban J connectivity index is 2.36. The smallest absolute Gasteiger partial charge is 0.0634 e. The van der Waals surface area contributed by atoms with Crippen LogP contribution in [0.3, 0.4) is 0 Å². The lowest BCUT2D eigenvalue weighted by atomic mass is 10.1. The number of thioether (sulfide) groups is 1. The maximum absolute atomic E-state index is 8.80. The molecule has 0 bridgehead atoms. The third-order valence-electron chi connectivity index (χ3n) is 2.94. The molecule has 0 aliphatic carbocycles. The Kier molecular flexibility index (Phi) is 3.11. The average molecular weight is 232 g/mol. The Hall–Kier alpha value is -1.14. The molecule has 0 saturated carbocycles. The second kappa shape index (κ2) is 4.39. The quantitative estimate of drug-likeness (QED) is 0.805. The highest BCUT2D eigenvalue weighted by molar-refractivity contribution is 8.00. The number of anilines is 1. The van der Waals surface area contributed by atoms with E-state index in [1.165, 1.54) is 21.7 Å². The van der Waals surface area contributed by atoms with E-state index in [9.17, 15) is 0 Å². The second-order valence-electron chi connectivity index (χ2n) is 4.41. The molecule has 16 heavy (non-hydrogen) atoms. The van der Waals surface area contributed by atoms with E-state index in [-0.39, 0.29) is 0 Å². The molecule has 0 radical (unpaired) electrons. The van der Waals surface area contributed by atoms with Gasteiger partial charge in [0.1, 0.15) is 0 Å². The van der Waals surface area contributed by atoms with E-state index in [4.69, 9.17) is 5.26 Å². The molecule has 1 aromatic rings. The van der Waals surface area contributed by atoms with Crippen LogP contribution in [0.4, 0.5) is 5.69 Å². The monoisotopic (exact) mass is 232 g/mol. The van der Waals surface area contributed by atoms with Crippen molar-refractivity contribution in [2.45, 2.75) is 43.4 Å². The highest BCUT2D eigenvalue weighted by atomic mass is 32.2. The number of benzene rings is 1. The van der Waals surface area contributed by atoms with Gasteiger partial charge in [-0.1, -0.05) is 6.07 Å². The van der Waals surface area contributed by atoms with Crippen molar-refractivity contribution in [1.82, 2.24) is 0 Å².